The van der Waals surface area contributed by atoms with E-state index in [9.17, 15) is 13.2 Å². The van der Waals surface area contributed by atoms with Crippen molar-refractivity contribution in [1.29, 1.82) is 0 Å². The molecule has 1 fully saturated rings. The molecular weight excluding hydrogens is 428 g/mol. The molecule has 5 nitrogen and oxygen atoms in total. The van der Waals surface area contributed by atoms with Crippen LogP contribution in [0, 0.1) is 0 Å². The van der Waals surface area contributed by atoms with E-state index in [1.54, 1.807) is 42.1 Å². The van der Waals surface area contributed by atoms with Crippen LogP contribution in [-0.4, -0.2) is 44.1 Å². The van der Waals surface area contributed by atoms with Crippen molar-refractivity contribution in [1.82, 2.24) is 9.62 Å². The average Bonchev–Trinajstić information content (AvgIpc) is 2.73. The lowest BCUT2D eigenvalue weighted by Crippen LogP contribution is -2.46. The average molecular weight is 453 g/mol. The summed E-state index contributed by atoms with van der Waals surface area (Å²) in [5.74, 6) is 1.02. The topological polar surface area (TPSA) is 66.5 Å². The molecule has 0 atom stereocenters. The molecule has 0 radical (unpaired) electrons. The van der Waals surface area contributed by atoms with Crippen molar-refractivity contribution < 1.29 is 13.2 Å². The van der Waals surface area contributed by atoms with Crippen molar-refractivity contribution in [2.24, 2.45) is 0 Å². The Balaban J connectivity index is 1.37. The monoisotopic (exact) mass is 452 g/mol. The van der Waals surface area contributed by atoms with E-state index in [-0.39, 0.29) is 16.8 Å². The molecule has 1 aliphatic heterocycles. The third-order valence-corrected chi connectivity index (χ3v) is 7.73. The molecule has 0 spiro atoms. The lowest BCUT2D eigenvalue weighted by atomic mass is 10.1. The van der Waals surface area contributed by atoms with Crippen molar-refractivity contribution in [2.45, 2.75) is 41.5 Å². The molecule has 0 bridgehead atoms. The van der Waals surface area contributed by atoms with Gasteiger partial charge in [0.15, 0.2) is 0 Å². The molecule has 1 amide bonds. The van der Waals surface area contributed by atoms with Gasteiger partial charge >= 0.3 is 0 Å². The van der Waals surface area contributed by atoms with Crippen molar-refractivity contribution in [2.75, 3.05) is 18.8 Å². The van der Waals surface area contributed by atoms with Crippen LogP contribution in [0.2, 0.25) is 5.02 Å². The number of likely N-dealkylation sites (tertiary alicyclic amines) is 1. The Morgan fingerprint density at radius 1 is 1.07 bits per heavy atom. The standard InChI is InChI=1S/C21H25ClN2O3S2/c22-17-8-10-19(11-9-17)28-16-4-7-21(25)24-14-12-18(13-15-24)23-29(26,27)20-5-2-1-3-6-20/h1-3,5-6,8-11,18,23H,4,7,12-16H2. The summed E-state index contributed by atoms with van der Waals surface area (Å²) in [6.45, 7) is 1.18. The van der Waals surface area contributed by atoms with E-state index in [2.05, 4.69) is 4.72 Å². The van der Waals surface area contributed by atoms with Gasteiger partial charge in [-0.25, -0.2) is 13.1 Å². The fourth-order valence-electron chi connectivity index (χ4n) is 3.24. The molecule has 29 heavy (non-hydrogen) atoms. The Kier molecular flexibility index (Phi) is 8.00. The molecule has 156 valence electrons. The second kappa shape index (κ2) is 10.5. The van der Waals surface area contributed by atoms with Crippen molar-refractivity contribution >= 4 is 39.3 Å². The minimum atomic E-state index is -3.51. The van der Waals surface area contributed by atoms with Gasteiger partial charge in [-0.05, 0) is 61.4 Å². The summed E-state index contributed by atoms with van der Waals surface area (Å²) in [5, 5.41) is 0.721. The summed E-state index contributed by atoms with van der Waals surface area (Å²) in [5.41, 5.74) is 0. The van der Waals surface area contributed by atoms with Crippen molar-refractivity contribution in [3.8, 4) is 0 Å². The molecule has 1 saturated heterocycles. The van der Waals surface area contributed by atoms with Crippen LogP contribution in [0.4, 0.5) is 0 Å². The highest BCUT2D eigenvalue weighted by molar-refractivity contribution is 7.99. The normalized spacial score (nSPS) is 15.4. The van der Waals surface area contributed by atoms with Gasteiger partial charge in [-0.3, -0.25) is 4.79 Å². The third kappa shape index (κ3) is 6.74. The number of sulfonamides is 1. The number of benzene rings is 2. The van der Waals surface area contributed by atoms with Gasteiger partial charge in [-0.2, -0.15) is 0 Å². The molecule has 3 rings (SSSR count). The molecule has 8 heteroatoms. The highest BCUT2D eigenvalue weighted by atomic mass is 35.5. The van der Waals surface area contributed by atoms with Crippen molar-refractivity contribution in [3.63, 3.8) is 0 Å². The number of halogens is 1. The SMILES string of the molecule is O=C(CCCSc1ccc(Cl)cc1)N1CCC(NS(=O)(=O)c2ccccc2)CC1. The Morgan fingerprint density at radius 3 is 2.38 bits per heavy atom. The number of hydrogen-bond donors (Lipinski definition) is 1. The molecule has 0 aliphatic carbocycles. The number of carbonyl (C=O) groups excluding carboxylic acids is 1. The van der Waals surface area contributed by atoms with Gasteiger partial charge in [-0.1, -0.05) is 29.8 Å². The number of hydrogen-bond acceptors (Lipinski definition) is 4. The van der Waals surface area contributed by atoms with Crippen LogP contribution in [0.3, 0.4) is 0 Å². The summed E-state index contributed by atoms with van der Waals surface area (Å²) in [6, 6.07) is 15.9. The number of nitrogens with one attached hydrogen (secondary N) is 1. The fourth-order valence-corrected chi connectivity index (χ4v) is 5.54. The number of carbonyl (C=O) groups is 1. The van der Waals surface area contributed by atoms with Crippen LogP contribution in [0.15, 0.2) is 64.4 Å². The summed E-state index contributed by atoms with van der Waals surface area (Å²) in [4.78, 5) is 15.7. The molecule has 0 aromatic heterocycles. The maximum absolute atomic E-state index is 12.4. The van der Waals surface area contributed by atoms with Gasteiger partial charge < -0.3 is 4.90 Å². The van der Waals surface area contributed by atoms with Gasteiger partial charge in [-0.15, -0.1) is 11.8 Å². The zero-order chi connectivity index (χ0) is 20.7. The van der Waals surface area contributed by atoms with E-state index >= 15 is 0 Å². The quantitative estimate of drug-likeness (QED) is 0.482. The van der Waals surface area contributed by atoms with E-state index in [0.717, 1.165) is 22.1 Å². The lowest BCUT2D eigenvalue weighted by Gasteiger charge is -2.32. The molecule has 0 unspecified atom stereocenters. The van der Waals surface area contributed by atoms with Gasteiger partial charge in [0.25, 0.3) is 0 Å². The van der Waals surface area contributed by atoms with Gasteiger partial charge in [0.05, 0.1) is 4.90 Å². The summed E-state index contributed by atoms with van der Waals surface area (Å²) in [6.07, 6.45) is 2.60. The number of nitrogens with zero attached hydrogens (tertiary/aromatic N) is 1. The maximum Gasteiger partial charge on any atom is 0.240 e. The van der Waals surface area contributed by atoms with Crippen LogP contribution >= 0.6 is 23.4 Å². The largest absolute Gasteiger partial charge is 0.343 e. The minimum Gasteiger partial charge on any atom is -0.343 e. The van der Waals surface area contributed by atoms with Crippen LogP contribution in [0.25, 0.3) is 0 Å². The van der Waals surface area contributed by atoms with E-state index < -0.39 is 10.0 Å². The summed E-state index contributed by atoms with van der Waals surface area (Å²) >= 11 is 7.60. The van der Waals surface area contributed by atoms with Gasteiger partial charge in [0.1, 0.15) is 0 Å². The van der Waals surface area contributed by atoms with Crippen LogP contribution in [0.5, 0.6) is 0 Å². The molecular formula is C21H25ClN2O3S2. The van der Waals surface area contributed by atoms with E-state index in [1.165, 1.54) is 0 Å². The first kappa shape index (κ1) is 22.2. The molecule has 0 saturated carbocycles. The minimum absolute atomic E-state index is 0.135. The van der Waals surface area contributed by atoms with E-state index in [0.29, 0.717) is 32.4 Å². The van der Waals surface area contributed by atoms with Crippen LogP contribution in [0.1, 0.15) is 25.7 Å². The molecule has 1 heterocycles. The predicted octanol–water partition coefficient (Wildman–Crippen LogP) is 4.18. The number of rotatable bonds is 8. The molecule has 1 N–H and O–H groups in total. The summed E-state index contributed by atoms with van der Waals surface area (Å²) in [7, 11) is -3.51. The Morgan fingerprint density at radius 2 is 1.72 bits per heavy atom. The van der Waals surface area contributed by atoms with Crippen molar-refractivity contribution in [3.05, 3.63) is 59.6 Å². The first-order valence-electron chi connectivity index (χ1n) is 9.67. The zero-order valence-corrected chi connectivity index (χ0v) is 18.5. The number of amides is 1. The van der Waals surface area contributed by atoms with E-state index in [4.69, 9.17) is 11.6 Å². The highest BCUT2D eigenvalue weighted by Gasteiger charge is 2.26. The second-order valence-electron chi connectivity index (χ2n) is 7.00. The smallest absolute Gasteiger partial charge is 0.240 e. The highest BCUT2D eigenvalue weighted by Crippen LogP contribution is 2.22. The summed E-state index contributed by atoms with van der Waals surface area (Å²) < 4.78 is 27.6. The lowest BCUT2D eigenvalue weighted by molar-refractivity contribution is -0.132. The second-order valence-corrected chi connectivity index (χ2v) is 10.3. The fraction of sp³-hybridized carbons (Fsp3) is 0.381. The van der Waals surface area contributed by atoms with Crippen LogP contribution < -0.4 is 4.72 Å². The number of thioether (sulfide) groups is 1. The molecule has 2 aromatic rings. The number of piperidine rings is 1. The van der Waals surface area contributed by atoms with Gasteiger partial charge in [0.2, 0.25) is 15.9 Å². The first-order valence-corrected chi connectivity index (χ1v) is 12.5. The Bertz CT molecular complexity index is 897. The maximum atomic E-state index is 12.4. The van der Waals surface area contributed by atoms with Crippen LogP contribution in [-0.2, 0) is 14.8 Å². The Hall–Kier alpha value is -1.54. The van der Waals surface area contributed by atoms with Gasteiger partial charge in [0, 0.05) is 35.5 Å². The van der Waals surface area contributed by atoms with E-state index in [1.807, 2.05) is 29.2 Å². The third-order valence-electron chi connectivity index (χ3n) is 4.84. The first-order chi connectivity index (χ1) is 13.9. The molecule has 2 aromatic carbocycles. The Labute approximate surface area is 181 Å². The zero-order valence-electron chi connectivity index (χ0n) is 16.1. The predicted molar refractivity (Wildman–Crippen MR) is 118 cm³/mol. The molecule has 1 aliphatic rings.